The van der Waals surface area contributed by atoms with Crippen LogP contribution in [-0.4, -0.2) is 0 Å². The molecule has 0 saturated carbocycles. The maximum Gasteiger partial charge on any atom is 0.0468 e. The van der Waals surface area contributed by atoms with E-state index in [9.17, 15) is 0 Å². The lowest BCUT2D eigenvalue weighted by Gasteiger charge is -2.26. The number of fused-ring (bicyclic) bond motifs is 5. The van der Waals surface area contributed by atoms with Crippen LogP contribution in [-0.2, 0) is 0 Å². The van der Waals surface area contributed by atoms with Crippen LogP contribution in [0.5, 0.6) is 0 Å². The number of nitrogens with zero attached hydrogens (tertiary/aromatic N) is 1. The summed E-state index contributed by atoms with van der Waals surface area (Å²) in [5.41, 5.74) is 8.76. The Bertz CT molecular complexity index is 2120. The number of hydrogen-bond donors (Lipinski definition) is 0. The van der Waals surface area contributed by atoms with Crippen molar-refractivity contribution in [2.45, 2.75) is 0 Å². The number of anilines is 3. The molecule has 1 heteroatoms. The van der Waals surface area contributed by atoms with Crippen LogP contribution >= 0.6 is 0 Å². The predicted octanol–water partition coefficient (Wildman–Crippen LogP) is 10.9. The summed E-state index contributed by atoms with van der Waals surface area (Å²) in [6, 6.07) is 51.1. The first kappa shape index (κ1) is 20.9. The van der Waals surface area contributed by atoms with Crippen molar-refractivity contribution in [2.75, 3.05) is 4.90 Å². The smallest absolute Gasteiger partial charge is 0.0468 e. The molecule has 0 radical (unpaired) electrons. The predicted molar refractivity (Wildman–Crippen MR) is 167 cm³/mol. The zero-order chi connectivity index (χ0) is 25.5. The minimum atomic E-state index is 1.15. The zero-order valence-corrected chi connectivity index (χ0v) is 21.2. The Labute approximate surface area is 226 Å². The lowest BCUT2D eigenvalue weighted by atomic mass is 9.88. The SMILES string of the molecule is c1ccc(N(c2ccccc2)c2ccc3c(c2)-c2ccc4c5cccc6cccc(c7ccc-3c2c74)c65)cc1. The van der Waals surface area contributed by atoms with E-state index in [1.807, 2.05) is 0 Å². The van der Waals surface area contributed by atoms with Gasteiger partial charge >= 0.3 is 0 Å². The lowest BCUT2D eigenvalue weighted by Crippen LogP contribution is -2.09. The second-order valence-corrected chi connectivity index (χ2v) is 10.5. The summed E-state index contributed by atoms with van der Waals surface area (Å²) >= 11 is 0. The number of benzene rings is 8. The molecule has 1 aliphatic carbocycles. The van der Waals surface area contributed by atoms with E-state index in [0.29, 0.717) is 0 Å². The molecule has 1 nitrogen and oxygen atoms in total. The first-order chi connectivity index (χ1) is 19.4. The first-order valence-electron chi connectivity index (χ1n) is 13.5. The van der Waals surface area contributed by atoms with Crippen LogP contribution in [0.25, 0.3) is 65.3 Å². The van der Waals surface area contributed by atoms with Crippen LogP contribution in [0.2, 0.25) is 0 Å². The molecule has 0 heterocycles. The molecule has 9 rings (SSSR count). The van der Waals surface area contributed by atoms with E-state index in [4.69, 9.17) is 0 Å². The molecular formula is C38H23N. The van der Waals surface area contributed by atoms with Crippen molar-refractivity contribution >= 4 is 60.2 Å². The summed E-state index contributed by atoms with van der Waals surface area (Å²) in [5.74, 6) is 0. The summed E-state index contributed by atoms with van der Waals surface area (Å²) in [6.45, 7) is 0. The van der Waals surface area contributed by atoms with E-state index in [1.54, 1.807) is 0 Å². The molecule has 0 N–H and O–H groups in total. The number of hydrogen-bond acceptors (Lipinski definition) is 1. The van der Waals surface area contributed by atoms with Crippen molar-refractivity contribution in [1.82, 2.24) is 0 Å². The van der Waals surface area contributed by atoms with E-state index in [2.05, 4.69) is 144 Å². The molecular weight excluding hydrogens is 470 g/mol. The van der Waals surface area contributed by atoms with Crippen molar-refractivity contribution < 1.29 is 0 Å². The Morgan fingerprint density at radius 3 is 1.46 bits per heavy atom. The van der Waals surface area contributed by atoms with Gasteiger partial charge < -0.3 is 4.90 Å². The van der Waals surface area contributed by atoms with Gasteiger partial charge in [-0.3, -0.25) is 0 Å². The highest BCUT2D eigenvalue weighted by atomic mass is 15.1. The van der Waals surface area contributed by atoms with Gasteiger partial charge in [-0.25, -0.2) is 0 Å². The molecule has 0 unspecified atom stereocenters. The maximum absolute atomic E-state index is 2.38. The van der Waals surface area contributed by atoms with Crippen LogP contribution in [0.3, 0.4) is 0 Å². The molecule has 0 aromatic heterocycles. The van der Waals surface area contributed by atoms with Crippen LogP contribution in [0, 0.1) is 0 Å². The lowest BCUT2D eigenvalue weighted by molar-refractivity contribution is 1.28. The molecule has 0 bridgehead atoms. The Morgan fingerprint density at radius 2 is 0.846 bits per heavy atom. The highest BCUT2D eigenvalue weighted by Gasteiger charge is 2.26. The second kappa shape index (κ2) is 7.69. The van der Waals surface area contributed by atoms with Gasteiger partial charge in [0, 0.05) is 17.1 Å². The van der Waals surface area contributed by atoms with Crippen LogP contribution in [0.4, 0.5) is 17.1 Å². The van der Waals surface area contributed by atoms with Gasteiger partial charge in [-0.15, -0.1) is 0 Å². The highest BCUT2D eigenvalue weighted by molar-refractivity contribution is 6.37. The molecule has 0 atom stereocenters. The number of rotatable bonds is 3. The van der Waals surface area contributed by atoms with Gasteiger partial charge in [0.25, 0.3) is 0 Å². The molecule has 0 saturated heterocycles. The molecule has 0 amide bonds. The van der Waals surface area contributed by atoms with E-state index < -0.39 is 0 Å². The van der Waals surface area contributed by atoms with E-state index in [-0.39, 0.29) is 0 Å². The summed E-state index contributed by atoms with van der Waals surface area (Å²) in [6.07, 6.45) is 0. The van der Waals surface area contributed by atoms with Gasteiger partial charge in [-0.2, -0.15) is 0 Å². The molecule has 0 spiro atoms. The zero-order valence-electron chi connectivity index (χ0n) is 21.2. The molecule has 180 valence electrons. The van der Waals surface area contributed by atoms with Crippen LogP contribution in [0.15, 0.2) is 140 Å². The fourth-order valence-electron chi connectivity index (χ4n) is 6.91. The molecule has 39 heavy (non-hydrogen) atoms. The van der Waals surface area contributed by atoms with Gasteiger partial charge in [0.15, 0.2) is 0 Å². The first-order valence-corrected chi connectivity index (χ1v) is 13.5. The molecule has 0 fully saturated rings. The fraction of sp³-hybridized carbons (Fsp3) is 0. The summed E-state index contributed by atoms with van der Waals surface area (Å²) in [7, 11) is 0. The second-order valence-electron chi connectivity index (χ2n) is 10.5. The molecule has 1 aliphatic rings. The van der Waals surface area contributed by atoms with Crippen molar-refractivity contribution in [3.63, 3.8) is 0 Å². The molecule has 8 aromatic rings. The van der Waals surface area contributed by atoms with Crippen LogP contribution in [0.1, 0.15) is 0 Å². The third-order valence-electron chi connectivity index (χ3n) is 8.52. The van der Waals surface area contributed by atoms with E-state index >= 15 is 0 Å². The summed E-state index contributed by atoms with van der Waals surface area (Å²) in [5, 5.41) is 10.8. The number of para-hydroxylation sites is 2. The maximum atomic E-state index is 2.38. The fourth-order valence-corrected chi connectivity index (χ4v) is 6.91. The van der Waals surface area contributed by atoms with E-state index in [1.165, 1.54) is 71.0 Å². The molecule has 8 aromatic carbocycles. The summed E-state index contributed by atoms with van der Waals surface area (Å²) < 4.78 is 0. The van der Waals surface area contributed by atoms with E-state index in [0.717, 1.165) is 11.4 Å². The van der Waals surface area contributed by atoms with Gasteiger partial charge in [0.1, 0.15) is 0 Å². The largest absolute Gasteiger partial charge is 0.310 e. The van der Waals surface area contributed by atoms with Crippen molar-refractivity contribution in [2.24, 2.45) is 0 Å². The third kappa shape index (κ3) is 2.79. The topological polar surface area (TPSA) is 3.24 Å². The minimum absolute atomic E-state index is 1.15. The average molecular weight is 494 g/mol. The Balaban J connectivity index is 1.33. The molecule has 0 aliphatic heterocycles. The van der Waals surface area contributed by atoms with Gasteiger partial charge in [-0.1, -0.05) is 103 Å². The Kier molecular flexibility index (Phi) is 4.11. The third-order valence-corrected chi connectivity index (χ3v) is 8.52. The standard InChI is InChI=1S/C38H23N/c1-3-11-25(12-4-1)39(26-13-5-2-6-14-26)27-17-18-28-31-19-20-32-29-15-7-9-24-10-8-16-30(36(24)29)33-21-22-34(35(28)23-27)37(31)38(32)33/h1-23H. The highest BCUT2D eigenvalue weighted by Crippen LogP contribution is 2.53. The van der Waals surface area contributed by atoms with Gasteiger partial charge in [0.05, 0.1) is 0 Å². The van der Waals surface area contributed by atoms with Crippen molar-refractivity contribution in [1.29, 1.82) is 0 Å². The quantitative estimate of drug-likeness (QED) is 0.175. The Morgan fingerprint density at radius 1 is 0.308 bits per heavy atom. The Hall–Kier alpha value is -5.14. The summed E-state index contributed by atoms with van der Waals surface area (Å²) in [4.78, 5) is 2.35. The van der Waals surface area contributed by atoms with Gasteiger partial charge in [0.2, 0.25) is 0 Å². The minimum Gasteiger partial charge on any atom is -0.310 e. The normalized spacial score (nSPS) is 12.1. The van der Waals surface area contributed by atoms with Crippen LogP contribution < -0.4 is 4.90 Å². The average Bonchev–Trinajstić information content (AvgIpc) is 3.33. The van der Waals surface area contributed by atoms with Gasteiger partial charge in [-0.05, 0) is 102 Å². The van der Waals surface area contributed by atoms with Crippen molar-refractivity contribution in [3.05, 3.63) is 140 Å². The monoisotopic (exact) mass is 493 g/mol. The van der Waals surface area contributed by atoms with Crippen molar-refractivity contribution in [3.8, 4) is 22.3 Å².